The molecule has 1 aliphatic rings. The standard InChI is InChI=1S/C15H14N2O.C2H4/c16-8-10-1-6-15-13(7-10)14(9-17-15)11-2-4-12(18)5-3-11;1-2/h1,6-7,9,11,17H,2-5H2;1-2H2. The van der Waals surface area contributed by atoms with Crippen molar-refractivity contribution >= 4 is 16.7 Å². The highest BCUT2D eigenvalue weighted by Crippen LogP contribution is 2.35. The van der Waals surface area contributed by atoms with Gasteiger partial charge in [-0.15, -0.1) is 13.2 Å². The molecule has 0 unspecified atom stereocenters. The molecular formula is C17H18N2O. The van der Waals surface area contributed by atoms with Crippen LogP contribution in [0, 0.1) is 11.3 Å². The lowest BCUT2D eigenvalue weighted by Crippen LogP contribution is -2.12. The Kier molecular flexibility index (Phi) is 4.37. The van der Waals surface area contributed by atoms with Crippen molar-refractivity contribution in [2.45, 2.75) is 31.6 Å². The summed E-state index contributed by atoms with van der Waals surface area (Å²) in [6, 6.07) is 7.90. The van der Waals surface area contributed by atoms with E-state index in [9.17, 15) is 4.79 Å². The highest BCUT2D eigenvalue weighted by atomic mass is 16.1. The predicted molar refractivity (Wildman–Crippen MR) is 80.5 cm³/mol. The average molecular weight is 266 g/mol. The van der Waals surface area contributed by atoms with Crippen molar-refractivity contribution in [1.29, 1.82) is 5.26 Å². The third kappa shape index (κ3) is 2.65. The van der Waals surface area contributed by atoms with E-state index < -0.39 is 0 Å². The van der Waals surface area contributed by atoms with Gasteiger partial charge >= 0.3 is 0 Å². The van der Waals surface area contributed by atoms with Crippen LogP contribution in [0.15, 0.2) is 37.6 Å². The van der Waals surface area contributed by atoms with E-state index in [4.69, 9.17) is 5.26 Å². The number of H-pyrrole nitrogens is 1. The molecule has 1 aromatic carbocycles. The van der Waals surface area contributed by atoms with Crippen LogP contribution in [0.3, 0.4) is 0 Å². The second kappa shape index (κ2) is 6.21. The molecule has 1 aliphatic carbocycles. The van der Waals surface area contributed by atoms with Gasteiger partial charge in [0, 0.05) is 29.9 Å². The van der Waals surface area contributed by atoms with Gasteiger partial charge in [0.05, 0.1) is 11.6 Å². The molecule has 0 spiro atoms. The molecular weight excluding hydrogens is 248 g/mol. The average Bonchev–Trinajstić information content (AvgIpc) is 2.93. The molecule has 1 heterocycles. The Morgan fingerprint density at radius 2 is 1.95 bits per heavy atom. The van der Waals surface area contributed by atoms with Crippen LogP contribution in [0.4, 0.5) is 0 Å². The zero-order chi connectivity index (χ0) is 14.5. The molecule has 0 amide bonds. The van der Waals surface area contributed by atoms with Gasteiger partial charge in [-0.1, -0.05) is 0 Å². The van der Waals surface area contributed by atoms with Gasteiger partial charge in [-0.25, -0.2) is 0 Å². The van der Waals surface area contributed by atoms with E-state index >= 15 is 0 Å². The Morgan fingerprint density at radius 3 is 2.60 bits per heavy atom. The van der Waals surface area contributed by atoms with Crippen LogP contribution in [0.1, 0.15) is 42.7 Å². The summed E-state index contributed by atoms with van der Waals surface area (Å²) in [6.45, 7) is 6.00. The number of hydrogen-bond donors (Lipinski definition) is 1. The van der Waals surface area contributed by atoms with Crippen LogP contribution in [0.5, 0.6) is 0 Å². The van der Waals surface area contributed by atoms with Crippen LogP contribution in [-0.2, 0) is 4.79 Å². The molecule has 3 heteroatoms. The Labute approximate surface area is 118 Å². The Balaban J connectivity index is 0.000000704. The molecule has 20 heavy (non-hydrogen) atoms. The number of rotatable bonds is 1. The maximum atomic E-state index is 11.3. The van der Waals surface area contributed by atoms with Crippen LogP contribution in [-0.4, -0.2) is 10.8 Å². The normalized spacial score (nSPS) is 15.4. The molecule has 1 N–H and O–H groups in total. The number of carbonyl (C=O) groups excluding carboxylic acids is 1. The predicted octanol–water partition coefficient (Wildman–Crippen LogP) is 4.07. The molecule has 1 aromatic heterocycles. The summed E-state index contributed by atoms with van der Waals surface area (Å²) in [7, 11) is 0. The minimum Gasteiger partial charge on any atom is -0.361 e. The quantitative estimate of drug-likeness (QED) is 0.791. The van der Waals surface area contributed by atoms with Gasteiger partial charge in [0.1, 0.15) is 5.78 Å². The number of nitriles is 1. The molecule has 0 atom stereocenters. The number of hydrogen-bond acceptors (Lipinski definition) is 2. The fourth-order valence-electron chi connectivity index (χ4n) is 2.80. The van der Waals surface area contributed by atoms with E-state index in [1.807, 2.05) is 24.4 Å². The summed E-state index contributed by atoms with van der Waals surface area (Å²) in [4.78, 5) is 14.5. The van der Waals surface area contributed by atoms with E-state index in [1.54, 1.807) is 0 Å². The monoisotopic (exact) mass is 266 g/mol. The first-order valence-electron chi connectivity index (χ1n) is 6.81. The second-order valence-corrected chi connectivity index (χ2v) is 4.93. The number of aromatic nitrogens is 1. The fourth-order valence-corrected chi connectivity index (χ4v) is 2.80. The van der Waals surface area contributed by atoms with Gasteiger partial charge in [0.2, 0.25) is 0 Å². The number of aromatic amines is 1. The lowest BCUT2D eigenvalue weighted by molar-refractivity contribution is -0.120. The highest BCUT2D eigenvalue weighted by Gasteiger charge is 2.22. The number of carbonyl (C=O) groups is 1. The molecule has 0 aliphatic heterocycles. The highest BCUT2D eigenvalue weighted by molar-refractivity contribution is 5.86. The summed E-state index contributed by atoms with van der Waals surface area (Å²) in [6.07, 6.45) is 5.28. The van der Waals surface area contributed by atoms with E-state index in [2.05, 4.69) is 24.2 Å². The number of benzene rings is 1. The first-order chi connectivity index (χ1) is 9.78. The minimum absolute atomic E-state index is 0.379. The van der Waals surface area contributed by atoms with Crippen LogP contribution in [0.2, 0.25) is 0 Å². The number of Topliss-reactive ketones (excluding diaryl/α,β-unsaturated/α-hetero) is 1. The van der Waals surface area contributed by atoms with Crippen LogP contribution in [0.25, 0.3) is 10.9 Å². The first kappa shape index (κ1) is 14.1. The van der Waals surface area contributed by atoms with Crippen molar-refractivity contribution < 1.29 is 4.79 Å². The van der Waals surface area contributed by atoms with Crippen LogP contribution >= 0.6 is 0 Å². The van der Waals surface area contributed by atoms with Crippen molar-refractivity contribution in [3.63, 3.8) is 0 Å². The van der Waals surface area contributed by atoms with E-state index in [0.29, 0.717) is 30.1 Å². The van der Waals surface area contributed by atoms with Gasteiger partial charge in [-0.2, -0.15) is 5.26 Å². The third-order valence-corrected chi connectivity index (χ3v) is 3.83. The number of nitrogens with one attached hydrogen (secondary N) is 1. The van der Waals surface area contributed by atoms with E-state index in [1.165, 1.54) is 5.56 Å². The number of fused-ring (bicyclic) bond motifs is 1. The smallest absolute Gasteiger partial charge is 0.132 e. The summed E-state index contributed by atoms with van der Waals surface area (Å²) < 4.78 is 0. The van der Waals surface area contributed by atoms with Crippen molar-refractivity contribution in [3.8, 4) is 6.07 Å². The van der Waals surface area contributed by atoms with Crippen molar-refractivity contribution in [2.75, 3.05) is 0 Å². The first-order valence-corrected chi connectivity index (χ1v) is 6.81. The Bertz CT molecular complexity index is 653. The van der Waals surface area contributed by atoms with Gasteiger partial charge in [0.15, 0.2) is 0 Å². The van der Waals surface area contributed by atoms with E-state index in [-0.39, 0.29) is 0 Å². The molecule has 3 nitrogen and oxygen atoms in total. The lowest BCUT2D eigenvalue weighted by Gasteiger charge is -2.20. The third-order valence-electron chi connectivity index (χ3n) is 3.83. The van der Waals surface area contributed by atoms with Gasteiger partial charge in [0.25, 0.3) is 0 Å². The molecule has 102 valence electrons. The van der Waals surface area contributed by atoms with Gasteiger partial charge in [-0.3, -0.25) is 4.79 Å². The molecule has 0 radical (unpaired) electrons. The Morgan fingerprint density at radius 1 is 1.25 bits per heavy atom. The van der Waals surface area contributed by atoms with Gasteiger partial charge in [-0.05, 0) is 42.5 Å². The maximum Gasteiger partial charge on any atom is 0.132 e. The molecule has 2 aromatic rings. The molecule has 1 fully saturated rings. The summed E-state index contributed by atoms with van der Waals surface area (Å²) >= 11 is 0. The molecule has 1 saturated carbocycles. The van der Waals surface area contributed by atoms with Gasteiger partial charge < -0.3 is 4.98 Å². The topological polar surface area (TPSA) is 56.6 Å². The molecule has 3 rings (SSSR count). The largest absolute Gasteiger partial charge is 0.361 e. The molecule has 0 saturated heterocycles. The minimum atomic E-state index is 0.379. The summed E-state index contributed by atoms with van der Waals surface area (Å²) in [5.41, 5.74) is 3.02. The SMILES string of the molecule is C=C.N#Cc1ccc2[nH]cc(C3CCC(=O)CC3)c2c1. The summed E-state index contributed by atoms with van der Waals surface area (Å²) in [5.74, 6) is 0.828. The van der Waals surface area contributed by atoms with Crippen molar-refractivity contribution in [1.82, 2.24) is 4.98 Å². The zero-order valence-electron chi connectivity index (χ0n) is 11.5. The summed E-state index contributed by atoms with van der Waals surface area (Å²) in [5, 5.41) is 10.1. The second-order valence-electron chi connectivity index (χ2n) is 4.93. The number of ketones is 1. The Hall–Kier alpha value is -2.34. The van der Waals surface area contributed by atoms with Crippen LogP contribution < -0.4 is 0 Å². The van der Waals surface area contributed by atoms with E-state index in [0.717, 1.165) is 23.7 Å². The maximum absolute atomic E-state index is 11.3. The van der Waals surface area contributed by atoms with Crippen molar-refractivity contribution in [2.24, 2.45) is 0 Å². The molecule has 0 bridgehead atoms. The van der Waals surface area contributed by atoms with Crippen molar-refractivity contribution in [3.05, 3.63) is 48.7 Å². The fraction of sp³-hybridized carbons (Fsp3) is 0.294. The zero-order valence-corrected chi connectivity index (χ0v) is 11.5. The number of nitrogens with zero attached hydrogens (tertiary/aromatic N) is 1. The lowest BCUT2D eigenvalue weighted by atomic mass is 9.83.